The van der Waals surface area contributed by atoms with Crippen molar-refractivity contribution in [3.63, 3.8) is 0 Å². The zero-order chi connectivity index (χ0) is 26.2. The molecule has 4 nitrogen and oxygen atoms in total. The number of carboxylic acid groups (broad SMARTS) is 1. The molecule has 0 spiro atoms. The van der Waals surface area contributed by atoms with Crippen LogP contribution in [0.3, 0.4) is 0 Å². The molecule has 2 aliphatic rings. The smallest absolute Gasteiger partial charge is 0.303 e. The van der Waals surface area contributed by atoms with Crippen molar-refractivity contribution in [1.82, 2.24) is 0 Å². The first-order valence-electron chi connectivity index (χ1n) is 13.3. The minimum atomic E-state index is -0.732. The van der Waals surface area contributed by atoms with Gasteiger partial charge in [0, 0.05) is 35.8 Å². The molecule has 3 aromatic rings. The largest absolute Gasteiger partial charge is 0.489 e. The lowest BCUT2D eigenvalue weighted by Gasteiger charge is -2.25. The van der Waals surface area contributed by atoms with Crippen molar-refractivity contribution in [2.24, 2.45) is 11.3 Å². The fourth-order valence-electron chi connectivity index (χ4n) is 5.60. The molecule has 1 atom stereocenters. The van der Waals surface area contributed by atoms with E-state index in [9.17, 15) is 9.90 Å². The van der Waals surface area contributed by atoms with Gasteiger partial charge in [0.25, 0.3) is 0 Å². The first-order chi connectivity index (χ1) is 17.7. The van der Waals surface area contributed by atoms with Crippen LogP contribution < -0.4 is 9.64 Å². The summed E-state index contributed by atoms with van der Waals surface area (Å²) in [5, 5.41) is 11.7. The molecule has 0 saturated heterocycles. The minimum Gasteiger partial charge on any atom is -0.489 e. The van der Waals surface area contributed by atoms with Crippen molar-refractivity contribution in [3.8, 4) is 16.2 Å². The Morgan fingerprint density at radius 2 is 1.95 bits per heavy atom. The molecular formula is C32H37NO3S. The summed E-state index contributed by atoms with van der Waals surface area (Å²) in [6, 6.07) is 16.8. The van der Waals surface area contributed by atoms with Crippen LogP contribution in [0.1, 0.15) is 68.6 Å². The average molecular weight is 516 g/mol. The van der Waals surface area contributed by atoms with Crippen LogP contribution in [0, 0.1) is 11.3 Å². The van der Waals surface area contributed by atoms with Crippen LogP contribution in [-0.4, -0.2) is 25.2 Å². The number of hydrogen-bond donors (Lipinski definition) is 1. The maximum absolute atomic E-state index is 11.5. The molecule has 0 amide bonds. The first-order valence-corrected chi connectivity index (χ1v) is 14.1. The van der Waals surface area contributed by atoms with E-state index in [0.29, 0.717) is 12.5 Å². The Kier molecular flexibility index (Phi) is 7.17. The summed E-state index contributed by atoms with van der Waals surface area (Å²) in [4.78, 5) is 14.9. The van der Waals surface area contributed by atoms with Crippen LogP contribution in [0.15, 0.2) is 60.0 Å². The number of nitrogens with zero attached hydrogens (tertiary/aromatic N) is 1. The molecule has 0 aliphatic heterocycles. The molecule has 1 N–H and O–H groups in total. The molecule has 5 heteroatoms. The molecule has 194 valence electrons. The summed E-state index contributed by atoms with van der Waals surface area (Å²) in [7, 11) is 4.16. The highest BCUT2D eigenvalue weighted by molar-refractivity contribution is 7.14. The fourth-order valence-corrected chi connectivity index (χ4v) is 6.67. The molecule has 1 aromatic heterocycles. The SMILES string of the molecule is CN(C)c1cccc(-c2scc(COc3cccc([C@@H](CC(=O)O)C4CC4)c3)c2C2=CCCC2(C)C)c1. The average Bonchev–Trinajstić information content (AvgIpc) is 3.53. The molecule has 1 heterocycles. The Bertz CT molecular complexity index is 1320. The zero-order valence-electron chi connectivity index (χ0n) is 22.3. The van der Waals surface area contributed by atoms with Gasteiger partial charge in [-0.2, -0.15) is 0 Å². The van der Waals surface area contributed by atoms with Gasteiger partial charge in [-0.3, -0.25) is 4.79 Å². The van der Waals surface area contributed by atoms with Gasteiger partial charge in [0.15, 0.2) is 0 Å². The Hall–Kier alpha value is -3.05. The van der Waals surface area contributed by atoms with Gasteiger partial charge in [-0.25, -0.2) is 0 Å². The van der Waals surface area contributed by atoms with Gasteiger partial charge in [-0.1, -0.05) is 44.2 Å². The van der Waals surface area contributed by atoms with E-state index in [1.807, 2.05) is 12.1 Å². The quantitative estimate of drug-likeness (QED) is 0.295. The zero-order valence-corrected chi connectivity index (χ0v) is 23.1. The Morgan fingerprint density at radius 3 is 2.62 bits per heavy atom. The summed E-state index contributed by atoms with van der Waals surface area (Å²) < 4.78 is 6.39. The van der Waals surface area contributed by atoms with Crippen molar-refractivity contribution < 1.29 is 14.6 Å². The van der Waals surface area contributed by atoms with Gasteiger partial charge in [-0.05, 0) is 89.3 Å². The minimum absolute atomic E-state index is 0.0674. The van der Waals surface area contributed by atoms with Crippen LogP contribution in [0.5, 0.6) is 5.75 Å². The molecule has 0 bridgehead atoms. The van der Waals surface area contributed by atoms with Gasteiger partial charge in [0.05, 0.1) is 6.42 Å². The monoisotopic (exact) mass is 515 g/mol. The predicted molar refractivity (Wildman–Crippen MR) is 154 cm³/mol. The van der Waals surface area contributed by atoms with Crippen LogP contribution >= 0.6 is 11.3 Å². The van der Waals surface area contributed by atoms with Crippen molar-refractivity contribution in [2.45, 2.75) is 58.5 Å². The highest BCUT2D eigenvalue weighted by Gasteiger charge is 2.34. The molecule has 0 radical (unpaired) electrons. The number of rotatable bonds is 10. The van der Waals surface area contributed by atoms with E-state index in [-0.39, 0.29) is 17.8 Å². The maximum Gasteiger partial charge on any atom is 0.303 e. The fraction of sp³-hybridized carbons (Fsp3) is 0.406. The first kappa shape index (κ1) is 25.6. The number of ether oxygens (including phenoxy) is 1. The van der Waals surface area contributed by atoms with E-state index in [4.69, 9.17) is 4.74 Å². The number of carbonyl (C=O) groups is 1. The summed E-state index contributed by atoms with van der Waals surface area (Å²) in [6.07, 6.45) is 7.08. The van der Waals surface area contributed by atoms with E-state index in [2.05, 4.69) is 80.7 Å². The molecule has 1 fully saturated rings. The Balaban J connectivity index is 1.45. The van der Waals surface area contributed by atoms with E-state index in [1.54, 1.807) is 11.3 Å². The predicted octanol–water partition coefficient (Wildman–Crippen LogP) is 8.23. The molecule has 37 heavy (non-hydrogen) atoms. The number of hydrogen-bond acceptors (Lipinski definition) is 4. The normalized spacial score (nSPS) is 17.4. The van der Waals surface area contributed by atoms with Gasteiger partial charge in [0.2, 0.25) is 0 Å². The lowest BCUT2D eigenvalue weighted by atomic mass is 9.80. The van der Waals surface area contributed by atoms with Gasteiger partial charge in [0.1, 0.15) is 12.4 Å². The summed E-state index contributed by atoms with van der Waals surface area (Å²) >= 11 is 1.79. The molecular weight excluding hydrogens is 478 g/mol. The number of benzene rings is 2. The molecule has 2 aliphatic carbocycles. The number of thiophene rings is 1. The van der Waals surface area contributed by atoms with Crippen LogP contribution in [-0.2, 0) is 11.4 Å². The second kappa shape index (κ2) is 10.4. The summed E-state index contributed by atoms with van der Waals surface area (Å²) in [5.41, 5.74) is 7.59. The van der Waals surface area contributed by atoms with Crippen LogP contribution in [0.4, 0.5) is 5.69 Å². The highest BCUT2D eigenvalue weighted by Crippen LogP contribution is 2.50. The van der Waals surface area contributed by atoms with Crippen molar-refractivity contribution in [1.29, 1.82) is 0 Å². The molecule has 2 aromatic carbocycles. The van der Waals surface area contributed by atoms with E-state index >= 15 is 0 Å². The number of aliphatic carboxylic acids is 1. The summed E-state index contributed by atoms with van der Waals surface area (Å²) in [6.45, 7) is 5.18. The van der Waals surface area contributed by atoms with Gasteiger partial charge < -0.3 is 14.7 Å². The third-order valence-corrected chi connectivity index (χ3v) is 8.95. The summed E-state index contributed by atoms with van der Waals surface area (Å²) in [5.74, 6) is 0.621. The lowest BCUT2D eigenvalue weighted by molar-refractivity contribution is -0.137. The van der Waals surface area contributed by atoms with Crippen molar-refractivity contribution in [2.75, 3.05) is 19.0 Å². The van der Waals surface area contributed by atoms with E-state index < -0.39 is 5.97 Å². The van der Waals surface area contributed by atoms with Crippen molar-refractivity contribution >= 4 is 28.6 Å². The third-order valence-electron chi connectivity index (χ3n) is 7.87. The van der Waals surface area contributed by atoms with Crippen LogP contribution in [0.2, 0.25) is 0 Å². The third kappa shape index (κ3) is 5.62. The lowest BCUT2D eigenvalue weighted by Crippen LogP contribution is -2.11. The number of carboxylic acids is 1. The molecule has 5 rings (SSSR count). The number of anilines is 1. The Morgan fingerprint density at radius 1 is 1.16 bits per heavy atom. The van der Waals surface area contributed by atoms with E-state index in [1.165, 1.54) is 32.8 Å². The van der Waals surface area contributed by atoms with Gasteiger partial charge >= 0.3 is 5.97 Å². The Labute approximate surface area is 224 Å². The van der Waals surface area contributed by atoms with Crippen molar-refractivity contribution in [3.05, 3.63) is 76.7 Å². The van der Waals surface area contributed by atoms with Crippen LogP contribution in [0.25, 0.3) is 16.0 Å². The standard InChI is InChI=1S/C32H37NO3S/c1-32(2)15-7-12-28(32)30-24(20-37-31(30)23-9-5-10-25(16-23)33(3)4)19-36-26-11-6-8-22(17-26)27(18-29(34)35)21-13-14-21/h5-6,8-12,16-17,20-21,27H,7,13-15,18-19H2,1-4H3,(H,34,35)/t27-/m0/s1. The maximum atomic E-state index is 11.5. The molecule has 0 unspecified atom stereocenters. The number of allylic oxidation sites excluding steroid dienone is 2. The molecule has 1 saturated carbocycles. The topological polar surface area (TPSA) is 49.8 Å². The second-order valence-electron chi connectivity index (χ2n) is 11.4. The van der Waals surface area contributed by atoms with E-state index in [0.717, 1.165) is 37.0 Å². The van der Waals surface area contributed by atoms with Gasteiger partial charge in [-0.15, -0.1) is 11.3 Å². The highest BCUT2D eigenvalue weighted by atomic mass is 32.1. The second-order valence-corrected chi connectivity index (χ2v) is 12.2.